The molecule has 3 aliphatic rings. The average Bonchev–Trinajstić information content (AvgIpc) is 3.35. The number of aromatic nitrogens is 3. The maximum atomic E-state index is 14.1. The zero-order valence-electron chi connectivity index (χ0n) is 23.7. The molecule has 0 radical (unpaired) electrons. The number of hydrogen-bond acceptors (Lipinski definition) is 9. The number of aryl methyl sites for hydroxylation is 1. The molecule has 220 valence electrons. The molecule has 3 aromatic rings. The predicted octanol–water partition coefficient (Wildman–Crippen LogP) is 1.68. The number of sulfonamides is 1. The third kappa shape index (κ3) is 5.45. The van der Waals surface area contributed by atoms with Crippen LogP contribution < -0.4 is 14.5 Å². The van der Waals surface area contributed by atoms with Crippen LogP contribution in [-0.2, 0) is 10.0 Å². The van der Waals surface area contributed by atoms with Gasteiger partial charge in [0.25, 0.3) is 5.91 Å². The van der Waals surface area contributed by atoms with E-state index in [0.29, 0.717) is 43.1 Å². The standard InChI is InChI=1S/C28H37N7O5S/c1-19-7-8-24-21(14-19)28(37)34-9-5-4-6-23(34)22-15-26-29-25(32-17-20(36)18-32)16-27(35(26)30-22)31(2)10-11-33(12-13-40-24)41(3,38)39/h7-8,14-16,20,23,36H,4-6,9-13,17-18H2,1-3H3/t23-/m0/s1. The van der Waals surface area contributed by atoms with Gasteiger partial charge in [0.05, 0.1) is 29.7 Å². The zero-order chi connectivity index (χ0) is 28.9. The maximum Gasteiger partial charge on any atom is 0.258 e. The van der Waals surface area contributed by atoms with Gasteiger partial charge in [0, 0.05) is 58.4 Å². The number of carbonyl (C=O) groups is 1. The lowest BCUT2D eigenvalue weighted by molar-refractivity contribution is 0.0601. The monoisotopic (exact) mass is 583 g/mol. The second-order valence-corrected chi connectivity index (χ2v) is 13.3. The van der Waals surface area contributed by atoms with E-state index in [-0.39, 0.29) is 37.7 Å². The Kier molecular flexibility index (Phi) is 7.28. The van der Waals surface area contributed by atoms with Crippen molar-refractivity contribution in [3.63, 3.8) is 0 Å². The fourth-order valence-corrected chi connectivity index (χ4v) is 6.67. The number of β-amino-alcohol motifs (C(OH)–C–C–N with tert-alkyl or cyclic N) is 1. The highest BCUT2D eigenvalue weighted by atomic mass is 32.2. The number of aliphatic hydroxyl groups excluding tert-OH is 1. The molecule has 2 saturated heterocycles. The van der Waals surface area contributed by atoms with E-state index in [0.717, 1.165) is 42.2 Å². The summed E-state index contributed by atoms with van der Waals surface area (Å²) in [5, 5.41) is 14.9. The lowest BCUT2D eigenvalue weighted by atomic mass is 9.97. The molecule has 2 aromatic heterocycles. The summed E-state index contributed by atoms with van der Waals surface area (Å²) in [7, 11) is -1.61. The number of benzene rings is 1. The van der Waals surface area contributed by atoms with Crippen LogP contribution in [-0.4, -0.2) is 109 Å². The van der Waals surface area contributed by atoms with Crippen LogP contribution in [0, 0.1) is 6.92 Å². The smallest absolute Gasteiger partial charge is 0.258 e. The molecule has 5 heterocycles. The van der Waals surface area contributed by atoms with Crippen LogP contribution in [0.1, 0.15) is 46.9 Å². The van der Waals surface area contributed by atoms with Crippen LogP contribution in [0.25, 0.3) is 5.65 Å². The van der Waals surface area contributed by atoms with Gasteiger partial charge < -0.3 is 24.5 Å². The van der Waals surface area contributed by atoms with E-state index in [9.17, 15) is 18.3 Å². The van der Waals surface area contributed by atoms with Crippen LogP contribution in [0.4, 0.5) is 11.6 Å². The highest BCUT2D eigenvalue weighted by molar-refractivity contribution is 7.88. The van der Waals surface area contributed by atoms with Crippen molar-refractivity contribution in [2.24, 2.45) is 0 Å². The van der Waals surface area contributed by atoms with Crippen LogP contribution in [0.5, 0.6) is 5.75 Å². The van der Waals surface area contributed by atoms with Crippen molar-refractivity contribution in [3.8, 4) is 5.75 Å². The first-order valence-corrected chi connectivity index (χ1v) is 16.0. The number of anilines is 2. The minimum absolute atomic E-state index is 0.116. The summed E-state index contributed by atoms with van der Waals surface area (Å²) >= 11 is 0. The van der Waals surface area contributed by atoms with Crippen LogP contribution in [0.3, 0.4) is 0 Å². The van der Waals surface area contributed by atoms with E-state index in [1.165, 1.54) is 10.6 Å². The van der Waals surface area contributed by atoms with Crippen molar-refractivity contribution in [2.45, 2.75) is 38.3 Å². The summed E-state index contributed by atoms with van der Waals surface area (Å²) in [5.74, 6) is 1.80. The normalized spacial score (nSPS) is 21.5. The minimum Gasteiger partial charge on any atom is -0.491 e. The summed E-state index contributed by atoms with van der Waals surface area (Å²) in [6.07, 6.45) is 3.48. The van der Waals surface area contributed by atoms with Gasteiger partial charge in [-0.1, -0.05) is 11.6 Å². The van der Waals surface area contributed by atoms with Crippen molar-refractivity contribution in [1.82, 2.24) is 23.8 Å². The Morgan fingerprint density at radius 3 is 2.61 bits per heavy atom. The zero-order valence-corrected chi connectivity index (χ0v) is 24.5. The average molecular weight is 584 g/mol. The molecule has 3 aliphatic heterocycles. The van der Waals surface area contributed by atoms with Crippen molar-refractivity contribution < 1.29 is 23.1 Å². The largest absolute Gasteiger partial charge is 0.491 e. The number of fused-ring (bicyclic) bond motifs is 4. The van der Waals surface area contributed by atoms with Crippen molar-refractivity contribution in [2.75, 3.05) is 69.0 Å². The number of rotatable bonds is 2. The fraction of sp³-hybridized carbons (Fsp3) is 0.536. The molecule has 12 nitrogen and oxygen atoms in total. The molecule has 1 N–H and O–H groups in total. The van der Waals surface area contributed by atoms with Crippen LogP contribution in [0.2, 0.25) is 0 Å². The molecule has 13 heteroatoms. The Morgan fingerprint density at radius 1 is 1.05 bits per heavy atom. The van der Waals surface area contributed by atoms with E-state index in [1.807, 2.05) is 52.9 Å². The van der Waals surface area contributed by atoms with E-state index in [1.54, 1.807) is 10.6 Å². The van der Waals surface area contributed by atoms with Gasteiger partial charge in [-0.2, -0.15) is 13.9 Å². The molecular formula is C28H37N7O5S. The first-order chi connectivity index (χ1) is 19.6. The maximum absolute atomic E-state index is 14.1. The topological polar surface area (TPSA) is 124 Å². The van der Waals surface area contributed by atoms with Crippen molar-refractivity contribution in [1.29, 1.82) is 0 Å². The summed E-state index contributed by atoms with van der Waals surface area (Å²) in [6.45, 7) is 4.45. The molecule has 0 saturated carbocycles. The molecule has 1 atom stereocenters. The number of amides is 1. The van der Waals surface area contributed by atoms with Crippen molar-refractivity contribution in [3.05, 3.63) is 47.2 Å². The van der Waals surface area contributed by atoms with Gasteiger partial charge in [0.2, 0.25) is 10.0 Å². The van der Waals surface area contributed by atoms with Gasteiger partial charge in [-0.15, -0.1) is 0 Å². The Morgan fingerprint density at radius 2 is 1.85 bits per heavy atom. The van der Waals surface area contributed by atoms with Gasteiger partial charge in [0.15, 0.2) is 5.65 Å². The fourth-order valence-electron chi connectivity index (χ4n) is 5.85. The number of ether oxygens (including phenoxy) is 1. The molecule has 1 aromatic carbocycles. The van der Waals surface area contributed by atoms with E-state index < -0.39 is 10.0 Å². The second kappa shape index (κ2) is 10.8. The van der Waals surface area contributed by atoms with Gasteiger partial charge >= 0.3 is 0 Å². The quantitative estimate of drug-likeness (QED) is 0.480. The SMILES string of the molecule is Cc1ccc2c(c1)C(=O)N1CCCC[C@H]1c1cc3nc(N4CC(O)C4)cc(n3n1)N(C)CCN(S(C)(=O)=O)CCO2. The number of piperidine rings is 1. The number of nitrogens with zero attached hydrogens (tertiary/aromatic N) is 7. The van der Waals surface area contributed by atoms with Gasteiger partial charge in [-0.3, -0.25) is 4.79 Å². The Bertz CT molecular complexity index is 1570. The Hall–Kier alpha value is -3.42. The number of likely N-dealkylation sites (N-methyl/N-ethyl adjacent to an activating group) is 1. The molecule has 2 fully saturated rings. The number of hydrogen-bond donors (Lipinski definition) is 1. The van der Waals surface area contributed by atoms with Gasteiger partial charge in [-0.25, -0.2) is 13.4 Å². The minimum atomic E-state index is -3.52. The molecule has 0 unspecified atom stereocenters. The third-order valence-electron chi connectivity index (χ3n) is 8.21. The highest BCUT2D eigenvalue weighted by Crippen LogP contribution is 2.35. The number of aliphatic hydroxyl groups is 1. The van der Waals surface area contributed by atoms with Gasteiger partial charge in [-0.05, 0) is 38.3 Å². The van der Waals surface area contributed by atoms with E-state index >= 15 is 0 Å². The Balaban J connectivity index is 1.48. The van der Waals surface area contributed by atoms with E-state index in [2.05, 4.69) is 0 Å². The summed E-state index contributed by atoms with van der Waals surface area (Å²) in [4.78, 5) is 24.8. The first-order valence-electron chi connectivity index (χ1n) is 14.1. The Labute approximate surface area is 240 Å². The lowest BCUT2D eigenvalue weighted by Crippen LogP contribution is -2.51. The summed E-state index contributed by atoms with van der Waals surface area (Å²) in [5.41, 5.74) is 2.81. The third-order valence-corrected chi connectivity index (χ3v) is 9.52. The molecule has 0 aliphatic carbocycles. The van der Waals surface area contributed by atoms with Gasteiger partial charge in [0.1, 0.15) is 24.0 Å². The number of carbonyl (C=O) groups excluding carboxylic acids is 1. The molecule has 2 bridgehead atoms. The summed E-state index contributed by atoms with van der Waals surface area (Å²) < 4.78 is 34.6. The van der Waals surface area contributed by atoms with Crippen molar-refractivity contribution >= 4 is 33.2 Å². The molecule has 1 amide bonds. The van der Waals surface area contributed by atoms with Crippen LogP contribution in [0.15, 0.2) is 30.3 Å². The summed E-state index contributed by atoms with van der Waals surface area (Å²) in [6, 6.07) is 9.18. The highest BCUT2D eigenvalue weighted by Gasteiger charge is 2.33. The first kappa shape index (κ1) is 27.7. The molecule has 0 spiro atoms. The van der Waals surface area contributed by atoms with E-state index in [4.69, 9.17) is 14.8 Å². The molecular weight excluding hydrogens is 546 g/mol. The molecule has 6 rings (SSSR count). The molecule has 41 heavy (non-hydrogen) atoms. The second-order valence-electron chi connectivity index (χ2n) is 11.3. The van der Waals surface area contributed by atoms with Crippen LogP contribution >= 0.6 is 0 Å². The predicted molar refractivity (Wildman–Crippen MR) is 155 cm³/mol. The lowest BCUT2D eigenvalue weighted by Gasteiger charge is -2.37.